The zero-order chi connectivity index (χ0) is 23.9. The number of carbonyl (C=O) groups excluding carboxylic acids is 2. The number of furan rings is 1. The second-order valence-electron chi connectivity index (χ2n) is 7.85. The van der Waals surface area contributed by atoms with Crippen molar-refractivity contribution in [3.63, 3.8) is 0 Å². The summed E-state index contributed by atoms with van der Waals surface area (Å²) in [6, 6.07) is 7.70. The minimum absolute atomic E-state index is 0.0255. The van der Waals surface area contributed by atoms with Crippen molar-refractivity contribution >= 4 is 12.1 Å². The van der Waals surface area contributed by atoms with Gasteiger partial charge < -0.3 is 38.9 Å². The highest BCUT2D eigenvalue weighted by atomic mass is 16.6. The molecule has 32 heavy (non-hydrogen) atoms. The minimum Gasteiger partial charge on any atom is -0.493 e. The molecular weight excluding hydrogens is 422 g/mol. The summed E-state index contributed by atoms with van der Waals surface area (Å²) in [5.74, 6) is 0.548. The van der Waals surface area contributed by atoms with E-state index in [0.29, 0.717) is 22.8 Å². The lowest BCUT2D eigenvalue weighted by Crippen LogP contribution is -2.38. The van der Waals surface area contributed by atoms with Crippen molar-refractivity contribution in [2.75, 3.05) is 20.8 Å². The highest BCUT2D eigenvalue weighted by Crippen LogP contribution is 2.32. The minimum atomic E-state index is -1.29. The van der Waals surface area contributed by atoms with Gasteiger partial charge in [0, 0.05) is 6.54 Å². The lowest BCUT2D eigenvalue weighted by molar-refractivity contribution is 0.0128. The number of alkyl carbamates (subject to hydrolysis) is 1. The SMILES string of the molecule is COC(=O)c1ccc(COc2ccc(C(O)C(O)CNC(=O)OC(C)(C)C)cc2OC)o1. The number of nitrogens with one attached hydrogen (secondary N) is 1. The van der Waals surface area contributed by atoms with Crippen LogP contribution in [0.2, 0.25) is 0 Å². The number of ether oxygens (including phenoxy) is 4. The van der Waals surface area contributed by atoms with Gasteiger partial charge in [-0.2, -0.15) is 0 Å². The molecule has 1 heterocycles. The number of aliphatic hydroxyl groups excluding tert-OH is 2. The Kier molecular flexibility index (Phi) is 8.50. The first-order chi connectivity index (χ1) is 15.0. The number of esters is 1. The lowest BCUT2D eigenvalue weighted by Gasteiger charge is -2.22. The summed E-state index contributed by atoms with van der Waals surface area (Å²) in [5.41, 5.74) is -0.313. The molecule has 0 radical (unpaired) electrons. The third kappa shape index (κ3) is 7.17. The molecule has 0 fully saturated rings. The zero-order valence-electron chi connectivity index (χ0n) is 18.7. The molecule has 10 nitrogen and oxygen atoms in total. The first-order valence-corrected chi connectivity index (χ1v) is 9.84. The fourth-order valence-corrected chi connectivity index (χ4v) is 2.64. The van der Waals surface area contributed by atoms with E-state index in [9.17, 15) is 19.8 Å². The highest BCUT2D eigenvalue weighted by molar-refractivity contribution is 5.86. The van der Waals surface area contributed by atoms with Crippen LogP contribution in [-0.4, -0.2) is 54.7 Å². The molecule has 1 amide bonds. The highest BCUT2D eigenvalue weighted by Gasteiger charge is 2.23. The molecule has 2 aromatic rings. The van der Waals surface area contributed by atoms with Crippen LogP contribution in [0.15, 0.2) is 34.7 Å². The number of hydrogen-bond donors (Lipinski definition) is 3. The number of rotatable bonds is 9. The van der Waals surface area contributed by atoms with Crippen molar-refractivity contribution in [3.8, 4) is 11.5 Å². The molecule has 0 aliphatic rings. The Labute approximate surface area is 186 Å². The Morgan fingerprint density at radius 3 is 2.44 bits per heavy atom. The Morgan fingerprint density at radius 1 is 1.09 bits per heavy atom. The summed E-state index contributed by atoms with van der Waals surface area (Å²) in [6.45, 7) is 4.97. The van der Waals surface area contributed by atoms with Gasteiger partial charge in [0.1, 0.15) is 30.2 Å². The molecule has 1 aromatic heterocycles. The number of benzene rings is 1. The number of aliphatic hydroxyl groups is 2. The second-order valence-corrected chi connectivity index (χ2v) is 7.85. The zero-order valence-corrected chi connectivity index (χ0v) is 18.7. The first kappa shape index (κ1) is 25.0. The van der Waals surface area contributed by atoms with Crippen molar-refractivity contribution < 1.29 is 43.2 Å². The topological polar surface area (TPSA) is 137 Å². The van der Waals surface area contributed by atoms with Gasteiger partial charge in [0.05, 0.1) is 14.2 Å². The molecule has 2 atom stereocenters. The Bertz CT molecular complexity index is 916. The predicted octanol–water partition coefficient (Wildman–Crippen LogP) is 2.57. The van der Waals surface area contributed by atoms with Gasteiger partial charge >= 0.3 is 12.1 Å². The van der Waals surface area contributed by atoms with Gasteiger partial charge in [-0.15, -0.1) is 0 Å². The van der Waals surface area contributed by atoms with E-state index in [-0.39, 0.29) is 18.9 Å². The van der Waals surface area contributed by atoms with Crippen molar-refractivity contribution in [3.05, 3.63) is 47.4 Å². The third-order valence-corrected chi connectivity index (χ3v) is 4.17. The Hall–Kier alpha value is -3.24. The van der Waals surface area contributed by atoms with Crippen molar-refractivity contribution in [2.45, 2.75) is 45.2 Å². The van der Waals surface area contributed by atoms with Crippen LogP contribution in [0.1, 0.15) is 48.8 Å². The van der Waals surface area contributed by atoms with Gasteiger partial charge in [-0.3, -0.25) is 0 Å². The summed E-state index contributed by atoms with van der Waals surface area (Å²) in [6.07, 6.45) is -3.27. The summed E-state index contributed by atoms with van der Waals surface area (Å²) in [7, 11) is 2.69. The molecule has 10 heteroatoms. The molecule has 0 saturated heterocycles. The van der Waals surface area contributed by atoms with Crippen LogP contribution in [0.25, 0.3) is 0 Å². The van der Waals surface area contributed by atoms with Crippen LogP contribution in [0.3, 0.4) is 0 Å². The molecule has 2 unspecified atom stereocenters. The van der Waals surface area contributed by atoms with E-state index in [1.54, 1.807) is 39.0 Å². The van der Waals surface area contributed by atoms with Crippen LogP contribution in [-0.2, 0) is 16.1 Å². The van der Waals surface area contributed by atoms with E-state index in [0.717, 1.165) is 0 Å². The standard InChI is InChI=1S/C22H29NO9/c1-22(2,3)32-21(27)23-11-15(24)19(25)13-6-8-16(18(10-13)28-4)30-12-14-7-9-17(31-14)20(26)29-5/h6-10,15,19,24-25H,11-12H2,1-5H3,(H,23,27). The summed E-state index contributed by atoms with van der Waals surface area (Å²) in [4.78, 5) is 23.2. The smallest absolute Gasteiger partial charge is 0.407 e. The maximum absolute atomic E-state index is 11.7. The first-order valence-electron chi connectivity index (χ1n) is 9.84. The van der Waals surface area contributed by atoms with Crippen LogP contribution in [0.4, 0.5) is 4.79 Å². The van der Waals surface area contributed by atoms with E-state index < -0.39 is 29.9 Å². The van der Waals surface area contributed by atoms with Gasteiger partial charge in [-0.05, 0) is 50.6 Å². The van der Waals surface area contributed by atoms with E-state index in [4.69, 9.17) is 18.6 Å². The monoisotopic (exact) mass is 451 g/mol. The van der Waals surface area contributed by atoms with E-state index in [1.807, 2.05) is 0 Å². The molecule has 176 valence electrons. The van der Waals surface area contributed by atoms with Crippen molar-refractivity contribution in [1.82, 2.24) is 5.32 Å². The average Bonchev–Trinajstić information content (AvgIpc) is 3.22. The largest absolute Gasteiger partial charge is 0.493 e. The summed E-state index contributed by atoms with van der Waals surface area (Å²) < 4.78 is 26.0. The maximum Gasteiger partial charge on any atom is 0.407 e. The summed E-state index contributed by atoms with van der Waals surface area (Å²) >= 11 is 0. The van der Waals surface area contributed by atoms with E-state index in [2.05, 4.69) is 10.1 Å². The van der Waals surface area contributed by atoms with Gasteiger partial charge in [-0.25, -0.2) is 9.59 Å². The molecule has 3 N–H and O–H groups in total. The molecular formula is C22H29NO9. The quantitative estimate of drug-likeness (QED) is 0.491. The number of amides is 1. The molecule has 0 bridgehead atoms. The Balaban J connectivity index is 1.98. The average molecular weight is 451 g/mol. The van der Waals surface area contributed by atoms with E-state index >= 15 is 0 Å². The van der Waals surface area contributed by atoms with Gasteiger partial charge in [0.25, 0.3) is 0 Å². The van der Waals surface area contributed by atoms with Gasteiger partial charge in [0.2, 0.25) is 5.76 Å². The maximum atomic E-state index is 11.7. The van der Waals surface area contributed by atoms with Crippen LogP contribution in [0, 0.1) is 0 Å². The van der Waals surface area contributed by atoms with Crippen LogP contribution >= 0.6 is 0 Å². The second kappa shape index (κ2) is 10.9. The van der Waals surface area contributed by atoms with Gasteiger partial charge in [-0.1, -0.05) is 6.07 Å². The normalized spacial score (nSPS) is 13.1. The van der Waals surface area contributed by atoms with E-state index in [1.165, 1.54) is 26.4 Å². The molecule has 1 aromatic carbocycles. The Morgan fingerprint density at radius 2 is 1.81 bits per heavy atom. The molecule has 2 rings (SSSR count). The molecule has 0 aliphatic heterocycles. The fraction of sp³-hybridized carbons (Fsp3) is 0.455. The lowest BCUT2D eigenvalue weighted by atomic mass is 10.0. The third-order valence-electron chi connectivity index (χ3n) is 4.17. The number of methoxy groups -OCH3 is 2. The van der Waals surface area contributed by atoms with Gasteiger partial charge in [0.15, 0.2) is 11.5 Å². The summed E-state index contributed by atoms with van der Waals surface area (Å²) in [5, 5.41) is 23.1. The number of hydrogen-bond acceptors (Lipinski definition) is 9. The van der Waals surface area contributed by atoms with Crippen LogP contribution < -0.4 is 14.8 Å². The predicted molar refractivity (Wildman–Crippen MR) is 113 cm³/mol. The fourth-order valence-electron chi connectivity index (χ4n) is 2.64. The van der Waals surface area contributed by atoms with Crippen molar-refractivity contribution in [1.29, 1.82) is 0 Å². The van der Waals surface area contributed by atoms with Crippen molar-refractivity contribution in [2.24, 2.45) is 0 Å². The number of carbonyl (C=O) groups is 2. The molecule has 0 aliphatic carbocycles. The van der Waals surface area contributed by atoms with Crippen LogP contribution in [0.5, 0.6) is 11.5 Å². The molecule has 0 saturated carbocycles. The molecule has 0 spiro atoms.